The molecule has 1 saturated heterocycles. The molecule has 3 aromatic rings. The van der Waals surface area contributed by atoms with Crippen LogP contribution in [0.4, 0.5) is 9.18 Å². The van der Waals surface area contributed by atoms with Crippen molar-refractivity contribution < 1.29 is 18.8 Å². The topological polar surface area (TPSA) is 96.3 Å². The van der Waals surface area contributed by atoms with E-state index in [1.54, 1.807) is 36.0 Å². The number of carbonyl (C=O) groups excluding carboxylic acids is 3. The Labute approximate surface area is 188 Å². The zero-order valence-corrected chi connectivity index (χ0v) is 17.8. The predicted octanol–water partition coefficient (Wildman–Crippen LogP) is 2.56. The van der Waals surface area contributed by atoms with Crippen molar-refractivity contribution in [1.82, 2.24) is 25.3 Å². The summed E-state index contributed by atoms with van der Waals surface area (Å²) in [5.41, 5.74) is 3.27. The van der Waals surface area contributed by atoms with Crippen LogP contribution in [-0.4, -0.2) is 39.4 Å². The van der Waals surface area contributed by atoms with Gasteiger partial charge < -0.3 is 10.2 Å². The standard InChI is InChI=1S/C24H20FN5O3/c1-14-20-9-18(25)8-5-16(20)11-30(14)13-24(22(32)26-23(33)27-24)17-6-3-15(4-7-17)21-10-19(12-31)28-29(21)2/h3-10,12H,1,11,13H2,2H3,(H2,26,27,32,33)/t24-/m1/s1. The molecule has 2 aromatic carbocycles. The molecular weight excluding hydrogens is 425 g/mol. The van der Waals surface area contributed by atoms with E-state index in [-0.39, 0.29) is 12.4 Å². The van der Waals surface area contributed by atoms with E-state index in [1.807, 2.05) is 17.0 Å². The normalized spacial score (nSPS) is 19.5. The number of nitrogens with one attached hydrogen (secondary N) is 2. The van der Waals surface area contributed by atoms with Crippen LogP contribution in [0.25, 0.3) is 17.0 Å². The maximum absolute atomic E-state index is 13.7. The SMILES string of the molecule is C=C1c2cc(F)ccc2CN1C[C@]1(c2ccc(-c3cc(C=O)nn3C)cc2)NC(=O)NC1=O. The van der Waals surface area contributed by atoms with Crippen molar-refractivity contribution in [2.24, 2.45) is 7.05 Å². The van der Waals surface area contributed by atoms with Gasteiger partial charge in [0.25, 0.3) is 5.91 Å². The van der Waals surface area contributed by atoms with E-state index >= 15 is 0 Å². The molecule has 0 unspecified atom stereocenters. The smallest absolute Gasteiger partial charge is 0.322 e. The molecule has 1 fully saturated rings. The van der Waals surface area contributed by atoms with E-state index in [2.05, 4.69) is 22.3 Å². The summed E-state index contributed by atoms with van der Waals surface area (Å²) in [6, 6.07) is 12.8. The zero-order valence-electron chi connectivity index (χ0n) is 17.8. The van der Waals surface area contributed by atoms with Crippen LogP contribution in [-0.2, 0) is 23.9 Å². The van der Waals surface area contributed by atoms with E-state index in [0.717, 1.165) is 16.8 Å². The monoisotopic (exact) mass is 445 g/mol. The van der Waals surface area contributed by atoms with Crippen LogP contribution in [0.2, 0.25) is 0 Å². The number of benzene rings is 2. The Bertz CT molecular complexity index is 1330. The number of aldehydes is 1. The number of urea groups is 1. The first kappa shape index (κ1) is 20.6. The number of fused-ring (bicyclic) bond motifs is 1. The largest absolute Gasteiger partial charge is 0.364 e. The Balaban J connectivity index is 1.49. The third-order valence-corrected chi connectivity index (χ3v) is 6.19. The molecular formula is C24H20FN5O3. The number of hydrogen-bond donors (Lipinski definition) is 2. The fraction of sp³-hybridized carbons (Fsp3) is 0.167. The van der Waals surface area contributed by atoms with Gasteiger partial charge in [0.05, 0.1) is 12.2 Å². The van der Waals surface area contributed by atoms with Crippen LogP contribution in [0.5, 0.6) is 0 Å². The molecule has 0 radical (unpaired) electrons. The number of carbonyl (C=O) groups is 3. The van der Waals surface area contributed by atoms with Crippen LogP contribution < -0.4 is 10.6 Å². The molecule has 0 saturated carbocycles. The summed E-state index contributed by atoms with van der Waals surface area (Å²) < 4.78 is 15.3. The van der Waals surface area contributed by atoms with Gasteiger partial charge in [-0.05, 0) is 34.9 Å². The van der Waals surface area contributed by atoms with Crippen molar-refractivity contribution in [3.8, 4) is 11.3 Å². The number of aromatic nitrogens is 2. The minimum Gasteiger partial charge on any atom is -0.364 e. The summed E-state index contributed by atoms with van der Waals surface area (Å²) in [5.74, 6) is -0.833. The molecule has 8 nitrogen and oxygen atoms in total. The summed E-state index contributed by atoms with van der Waals surface area (Å²) in [7, 11) is 1.74. The summed E-state index contributed by atoms with van der Waals surface area (Å²) in [6.07, 6.45) is 0.679. The Kier molecular flexibility index (Phi) is 4.63. The van der Waals surface area contributed by atoms with Crippen molar-refractivity contribution in [2.75, 3.05) is 6.54 Å². The summed E-state index contributed by atoms with van der Waals surface area (Å²) >= 11 is 0. The van der Waals surface area contributed by atoms with E-state index in [1.165, 1.54) is 12.1 Å². The number of hydrogen-bond acceptors (Lipinski definition) is 5. The first-order valence-corrected chi connectivity index (χ1v) is 10.3. The molecule has 0 aliphatic carbocycles. The molecule has 1 atom stereocenters. The van der Waals surface area contributed by atoms with Crippen molar-refractivity contribution in [3.63, 3.8) is 0 Å². The first-order valence-electron chi connectivity index (χ1n) is 10.3. The fourth-order valence-electron chi connectivity index (χ4n) is 4.50. The molecule has 3 heterocycles. The highest BCUT2D eigenvalue weighted by Crippen LogP contribution is 2.36. The number of amides is 3. The molecule has 0 spiro atoms. The van der Waals surface area contributed by atoms with E-state index in [4.69, 9.17) is 0 Å². The quantitative estimate of drug-likeness (QED) is 0.465. The van der Waals surface area contributed by atoms with E-state index in [0.29, 0.717) is 35.3 Å². The van der Waals surface area contributed by atoms with Crippen molar-refractivity contribution in [3.05, 3.63) is 83.3 Å². The van der Waals surface area contributed by atoms with E-state index < -0.39 is 17.5 Å². The second-order valence-electron chi connectivity index (χ2n) is 8.19. The van der Waals surface area contributed by atoms with E-state index in [9.17, 15) is 18.8 Å². The van der Waals surface area contributed by atoms with Gasteiger partial charge in [-0.2, -0.15) is 5.10 Å². The highest BCUT2D eigenvalue weighted by atomic mass is 19.1. The average Bonchev–Trinajstić information content (AvgIpc) is 3.42. The molecule has 0 bridgehead atoms. The summed E-state index contributed by atoms with van der Waals surface area (Å²) in [5, 5.41) is 9.24. The minimum atomic E-state index is -1.35. The zero-order chi connectivity index (χ0) is 23.3. The molecule has 3 amide bonds. The molecule has 5 rings (SSSR count). The second-order valence-corrected chi connectivity index (χ2v) is 8.19. The number of imide groups is 1. The van der Waals surface area contributed by atoms with Crippen LogP contribution in [0.3, 0.4) is 0 Å². The third kappa shape index (κ3) is 3.29. The molecule has 166 valence electrons. The van der Waals surface area contributed by atoms with Gasteiger partial charge in [0.2, 0.25) is 0 Å². The maximum atomic E-state index is 13.7. The highest BCUT2D eigenvalue weighted by Gasteiger charge is 2.49. The van der Waals surface area contributed by atoms with Gasteiger partial charge >= 0.3 is 6.03 Å². The Morgan fingerprint density at radius 2 is 1.94 bits per heavy atom. The first-order chi connectivity index (χ1) is 15.8. The van der Waals surface area contributed by atoms with Crippen LogP contribution in [0.1, 0.15) is 27.2 Å². The van der Waals surface area contributed by atoms with Crippen molar-refractivity contribution in [1.29, 1.82) is 0 Å². The average molecular weight is 445 g/mol. The Hall–Kier alpha value is -4.27. The van der Waals surface area contributed by atoms with Gasteiger partial charge in [0.1, 0.15) is 11.5 Å². The fourth-order valence-corrected chi connectivity index (χ4v) is 4.50. The van der Waals surface area contributed by atoms with Crippen molar-refractivity contribution in [2.45, 2.75) is 12.1 Å². The van der Waals surface area contributed by atoms with Gasteiger partial charge in [-0.1, -0.05) is 36.9 Å². The molecule has 2 aliphatic rings. The summed E-state index contributed by atoms with van der Waals surface area (Å²) in [4.78, 5) is 38.1. The Morgan fingerprint density at radius 1 is 1.18 bits per heavy atom. The van der Waals surface area contributed by atoms with Gasteiger partial charge in [0.15, 0.2) is 11.8 Å². The molecule has 33 heavy (non-hydrogen) atoms. The second kappa shape index (κ2) is 7.40. The number of nitrogens with zero attached hydrogens (tertiary/aromatic N) is 3. The van der Waals surface area contributed by atoms with Gasteiger partial charge in [-0.25, -0.2) is 9.18 Å². The van der Waals surface area contributed by atoms with Crippen LogP contribution >= 0.6 is 0 Å². The van der Waals surface area contributed by atoms with Crippen molar-refractivity contribution >= 4 is 23.9 Å². The lowest BCUT2D eigenvalue weighted by molar-refractivity contribution is -0.124. The molecule has 2 N–H and O–H groups in total. The third-order valence-electron chi connectivity index (χ3n) is 6.19. The molecule has 1 aromatic heterocycles. The summed E-state index contributed by atoms with van der Waals surface area (Å²) in [6.45, 7) is 4.65. The Morgan fingerprint density at radius 3 is 2.58 bits per heavy atom. The predicted molar refractivity (Wildman–Crippen MR) is 118 cm³/mol. The lowest BCUT2D eigenvalue weighted by atomic mass is 9.88. The number of rotatable bonds is 5. The lowest BCUT2D eigenvalue weighted by Gasteiger charge is -2.33. The maximum Gasteiger partial charge on any atom is 0.322 e. The highest BCUT2D eigenvalue weighted by molar-refractivity contribution is 6.07. The lowest BCUT2D eigenvalue weighted by Crippen LogP contribution is -2.51. The molecule has 2 aliphatic heterocycles. The minimum absolute atomic E-state index is 0.125. The van der Waals surface area contributed by atoms with Crippen LogP contribution in [0, 0.1) is 5.82 Å². The number of aryl methyl sites for hydroxylation is 1. The molecule has 9 heteroatoms. The van der Waals surface area contributed by atoms with Gasteiger partial charge in [-0.3, -0.25) is 19.6 Å². The van der Waals surface area contributed by atoms with Gasteiger partial charge in [-0.15, -0.1) is 0 Å². The van der Waals surface area contributed by atoms with Gasteiger partial charge in [0, 0.05) is 24.9 Å². The number of halogens is 1. The van der Waals surface area contributed by atoms with Crippen LogP contribution in [0.15, 0.2) is 55.1 Å².